The molecule has 0 N–H and O–H groups in total. The molecule has 4 rings (SSSR count). The number of alkyl halides is 1. The van der Waals surface area contributed by atoms with Crippen LogP contribution in [0.5, 0.6) is 0 Å². The van der Waals surface area contributed by atoms with Gasteiger partial charge in [0.05, 0.1) is 18.5 Å². The highest BCUT2D eigenvalue weighted by Gasteiger charge is 2.54. The predicted octanol–water partition coefficient (Wildman–Crippen LogP) is 4.00. The van der Waals surface area contributed by atoms with E-state index in [1.165, 1.54) is 11.4 Å². The van der Waals surface area contributed by atoms with E-state index in [-0.39, 0.29) is 6.10 Å². The minimum atomic E-state index is -0.498. The molecule has 0 aliphatic carbocycles. The zero-order valence-electron chi connectivity index (χ0n) is 12.8. The Kier molecular flexibility index (Phi) is 4.14. The number of benzene rings is 2. The summed E-state index contributed by atoms with van der Waals surface area (Å²) in [4.78, 5) is 4.71. The van der Waals surface area contributed by atoms with Crippen molar-refractivity contribution in [2.24, 2.45) is 0 Å². The lowest BCUT2D eigenvalue weighted by molar-refractivity contribution is 0.0384. The number of anilines is 2. The third kappa shape index (κ3) is 2.59. The van der Waals surface area contributed by atoms with Crippen molar-refractivity contribution in [3.63, 3.8) is 0 Å². The van der Waals surface area contributed by atoms with E-state index in [1.807, 2.05) is 23.9 Å². The van der Waals surface area contributed by atoms with E-state index in [0.29, 0.717) is 5.88 Å². The van der Waals surface area contributed by atoms with Crippen LogP contribution < -0.4 is 9.80 Å². The first-order chi connectivity index (χ1) is 11.3. The molecule has 0 unspecified atom stereocenters. The van der Waals surface area contributed by atoms with E-state index in [2.05, 4.69) is 58.3 Å². The van der Waals surface area contributed by atoms with E-state index < -0.39 is 5.18 Å². The first-order valence-corrected chi connectivity index (χ1v) is 9.38. The minimum Gasteiger partial charge on any atom is -0.323 e. The van der Waals surface area contributed by atoms with Gasteiger partial charge in [-0.25, -0.2) is 0 Å². The largest absolute Gasteiger partial charge is 0.323 e. The van der Waals surface area contributed by atoms with Gasteiger partial charge < -0.3 is 14.5 Å². The summed E-state index contributed by atoms with van der Waals surface area (Å²) in [5.41, 5.74) is 2.36. The standard InChI is InChI=1S/C18H19ClN2OS/c19-13-17-14-21(16-9-5-2-6-10-16)18(22-17)20(11-12-23-18)15-7-3-1-4-8-15/h1-10,17H,11-14H2/t17-,18-/m0/s1. The Morgan fingerprint density at radius 2 is 1.61 bits per heavy atom. The normalized spacial score (nSPS) is 27.1. The first kappa shape index (κ1) is 15.2. The number of hydrogen-bond donors (Lipinski definition) is 0. The summed E-state index contributed by atoms with van der Waals surface area (Å²) < 4.78 is 6.48. The number of rotatable bonds is 3. The number of nitrogens with zero attached hydrogens (tertiary/aromatic N) is 2. The molecule has 0 saturated carbocycles. The molecule has 0 bridgehead atoms. The molecule has 120 valence electrons. The highest BCUT2D eigenvalue weighted by atomic mass is 35.5. The fraction of sp³-hybridized carbons (Fsp3) is 0.333. The van der Waals surface area contributed by atoms with Gasteiger partial charge in [-0.15, -0.1) is 11.6 Å². The molecule has 2 aromatic rings. The number of hydrogen-bond acceptors (Lipinski definition) is 4. The van der Waals surface area contributed by atoms with Crippen molar-refractivity contribution in [3.05, 3.63) is 60.7 Å². The maximum atomic E-state index is 6.48. The Morgan fingerprint density at radius 3 is 2.22 bits per heavy atom. The minimum absolute atomic E-state index is 0.0358. The Morgan fingerprint density at radius 1 is 1.00 bits per heavy atom. The van der Waals surface area contributed by atoms with Crippen molar-refractivity contribution >= 4 is 34.7 Å². The average molecular weight is 347 g/mol. The number of halogens is 1. The summed E-state index contributed by atoms with van der Waals surface area (Å²) >= 11 is 7.98. The summed E-state index contributed by atoms with van der Waals surface area (Å²) in [7, 11) is 0. The van der Waals surface area contributed by atoms with Gasteiger partial charge in [0.1, 0.15) is 0 Å². The molecule has 0 amide bonds. The third-order valence-corrected chi connectivity index (χ3v) is 5.95. The molecule has 0 radical (unpaired) electrons. The monoisotopic (exact) mass is 346 g/mol. The summed E-state index contributed by atoms with van der Waals surface area (Å²) in [6, 6.07) is 21.0. The maximum absolute atomic E-state index is 6.48. The molecule has 0 aromatic heterocycles. The number of para-hydroxylation sites is 2. The predicted molar refractivity (Wildman–Crippen MR) is 98.4 cm³/mol. The molecule has 23 heavy (non-hydrogen) atoms. The molecule has 3 nitrogen and oxygen atoms in total. The van der Waals surface area contributed by atoms with Gasteiger partial charge in [0.25, 0.3) is 5.18 Å². The molecule has 2 aromatic carbocycles. The van der Waals surface area contributed by atoms with Gasteiger partial charge in [0.15, 0.2) is 0 Å². The summed E-state index contributed by atoms with van der Waals surface area (Å²) in [6.45, 7) is 1.77. The van der Waals surface area contributed by atoms with Crippen molar-refractivity contribution in [2.45, 2.75) is 11.3 Å². The van der Waals surface area contributed by atoms with Crippen LogP contribution in [0.25, 0.3) is 0 Å². The SMILES string of the molecule is ClC[C@H]1CN(c2ccccc2)[C@@]2(O1)SCCN2c1ccccc1. The van der Waals surface area contributed by atoms with Crippen molar-refractivity contribution < 1.29 is 4.74 Å². The average Bonchev–Trinajstić information content (AvgIpc) is 3.21. The van der Waals surface area contributed by atoms with Crippen LogP contribution in [0.2, 0.25) is 0 Å². The van der Waals surface area contributed by atoms with E-state index in [9.17, 15) is 0 Å². The van der Waals surface area contributed by atoms with Crippen molar-refractivity contribution in [2.75, 3.05) is 34.5 Å². The van der Waals surface area contributed by atoms with Crippen LogP contribution in [0, 0.1) is 0 Å². The molecule has 2 atom stereocenters. The second-order valence-electron chi connectivity index (χ2n) is 5.72. The van der Waals surface area contributed by atoms with Crippen molar-refractivity contribution in [3.8, 4) is 0 Å². The molecule has 2 aliphatic heterocycles. The molecule has 2 saturated heterocycles. The lowest BCUT2D eigenvalue weighted by Crippen LogP contribution is -2.53. The fourth-order valence-corrected chi connectivity index (χ4v) is 4.90. The summed E-state index contributed by atoms with van der Waals surface area (Å²) in [5.74, 6) is 1.54. The molecule has 5 heteroatoms. The highest BCUT2D eigenvalue weighted by Crippen LogP contribution is 2.48. The van der Waals surface area contributed by atoms with E-state index >= 15 is 0 Å². The molecule has 2 aliphatic rings. The van der Waals surface area contributed by atoms with Gasteiger partial charge in [-0.2, -0.15) is 0 Å². The van der Waals surface area contributed by atoms with Gasteiger partial charge in [-0.3, -0.25) is 0 Å². The van der Waals surface area contributed by atoms with Gasteiger partial charge in [-0.05, 0) is 24.3 Å². The molecule has 1 spiro atoms. The van der Waals surface area contributed by atoms with Gasteiger partial charge in [0.2, 0.25) is 0 Å². The molecular formula is C18H19ClN2OS. The Hall–Kier alpha value is -1.36. The number of thioether (sulfide) groups is 1. The van der Waals surface area contributed by atoms with Crippen molar-refractivity contribution in [1.29, 1.82) is 0 Å². The molecular weight excluding hydrogens is 328 g/mol. The smallest absolute Gasteiger partial charge is 0.274 e. The van der Waals surface area contributed by atoms with Crippen molar-refractivity contribution in [1.82, 2.24) is 0 Å². The zero-order valence-corrected chi connectivity index (χ0v) is 14.3. The molecule has 2 fully saturated rings. The van der Waals surface area contributed by atoms with Crippen LogP contribution in [0.1, 0.15) is 0 Å². The highest BCUT2D eigenvalue weighted by molar-refractivity contribution is 8.01. The van der Waals surface area contributed by atoms with Gasteiger partial charge >= 0.3 is 0 Å². The van der Waals surface area contributed by atoms with Crippen LogP contribution in [-0.2, 0) is 4.74 Å². The van der Waals surface area contributed by atoms with Gasteiger partial charge in [0, 0.05) is 23.7 Å². The van der Waals surface area contributed by atoms with Crippen LogP contribution >= 0.6 is 23.4 Å². The fourth-order valence-electron chi connectivity index (χ4n) is 3.30. The maximum Gasteiger partial charge on any atom is 0.274 e. The number of ether oxygens (including phenoxy) is 1. The first-order valence-electron chi connectivity index (χ1n) is 7.86. The molecule has 2 heterocycles. The Labute approximate surface area is 146 Å². The summed E-state index contributed by atoms with van der Waals surface area (Å²) in [5, 5.41) is -0.498. The second-order valence-corrected chi connectivity index (χ2v) is 7.26. The van der Waals surface area contributed by atoms with Gasteiger partial charge in [-0.1, -0.05) is 48.2 Å². The van der Waals surface area contributed by atoms with Crippen LogP contribution in [0.4, 0.5) is 11.4 Å². The van der Waals surface area contributed by atoms with Crippen LogP contribution in [-0.4, -0.2) is 36.0 Å². The van der Waals surface area contributed by atoms with E-state index in [4.69, 9.17) is 16.3 Å². The van der Waals surface area contributed by atoms with Crippen LogP contribution in [0.3, 0.4) is 0 Å². The summed E-state index contributed by atoms with van der Waals surface area (Å²) in [6.07, 6.45) is 0.0358. The van der Waals surface area contributed by atoms with E-state index in [0.717, 1.165) is 18.8 Å². The van der Waals surface area contributed by atoms with E-state index in [1.54, 1.807) is 0 Å². The Balaban J connectivity index is 1.76. The quantitative estimate of drug-likeness (QED) is 0.780. The van der Waals surface area contributed by atoms with Crippen LogP contribution in [0.15, 0.2) is 60.7 Å². The lowest BCUT2D eigenvalue weighted by Gasteiger charge is -2.41. The topological polar surface area (TPSA) is 15.7 Å². The third-order valence-electron chi connectivity index (χ3n) is 4.30. The second kappa shape index (κ2) is 6.27. The lowest BCUT2D eigenvalue weighted by atomic mass is 10.2. The zero-order chi connectivity index (χ0) is 15.7. The Bertz CT molecular complexity index is 657.